The van der Waals surface area contributed by atoms with Gasteiger partial charge in [0, 0.05) is 40.5 Å². The Hall–Kier alpha value is -2.84. The summed E-state index contributed by atoms with van der Waals surface area (Å²) in [4.78, 5) is 17.2. The van der Waals surface area contributed by atoms with Crippen molar-refractivity contribution in [3.05, 3.63) is 58.0 Å². The summed E-state index contributed by atoms with van der Waals surface area (Å²) in [5, 5.41) is 18.4. The molecule has 4 heterocycles. The van der Waals surface area contributed by atoms with E-state index in [9.17, 15) is 4.79 Å². The Kier molecular flexibility index (Phi) is 4.95. The smallest absolute Gasteiger partial charge is 0.275 e. The van der Waals surface area contributed by atoms with E-state index < -0.39 is 0 Å². The zero-order valence-corrected chi connectivity index (χ0v) is 17.3. The van der Waals surface area contributed by atoms with Crippen molar-refractivity contribution in [1.82, 2.24) is 19.7 Å². The van der Waals surface area contributed by atoms with E-state index in [1.165, 1.54) is 17.8 Å². The predicted octanol–water partition coefficient (Wildman–Crippen LogP) is 5.11. The first-order valence-electron chi connectivity index (χ1n) is 9.60. The van der Waals surface area contributed by atoms with Crippen LogP contribution in [0.4, 0.5) is 5.69 Å². The quantitative estimate of drug-likeness (QED) is 0.497. The average molecular weight is 422 g/mol. The third-order valence-corrected chi connectivity index (χ3v) is 6.57. The van der Waals surface area contributed by atoms with Crippen LogP contribution in [0.15, 0.2) is 46.5 Å². The first-order valence-corrected chi connectivity index (χ1v) is 11.4. The van der Waals surface area contributed by atoms with Crippen LogP contribution in [0.3, 0.4) is 0 Å². The van der Waals surface area contributed by atoms with Crippen LogP contribution in [0, 0.1) is 0 Å². The van der Waals surface area contributed by atoms with Gasteiger partial charge in [-0.2, -0.15) is 11.3 Å². The largest absolute Gasteiger partial charge is 0.321 e. The predicted molar refractivity (Wildman–Crippen MR) is 116 cm³/mol. The monoisotopic (exact) mass is 421 g/mol. The fraction of sp³-hybridized carbons (Fsp3) is 0.238. The minimum Gasteiger partial charge on any atom is -0.321 e. The van der Waals surface area contributed by atoms with Crippen LogP contribution in [-0.2, 0) is 13.0 Å². The molecule has 0 aliphatic carbocycles. The van der Waals surface area contributed by atoms with Crippen molar-refractivity contribution in [2.75, 3.05) is 5.32 Å². The number of amides is 1. The van der Waals surface area contributed by atoms with E-state index in [1.807, 2.05) is 41.1 Å². The number of hydrogen-bond acceptors (Lipinski definition) is 6. The lowest BCUT2D eigenvalue weighted by molar-refractivity contribution is 0.102. The molecule has 6 nitrogen and oxygen atoms in total. The molecular weight excluding hydrogens is 402 g/mol. The number of anilines is 1. The average Bonchev–Trinajstić information content (AvgIpc) is 3.47. The maximum absolute atomic E-state index is 12.7. The van der Waals surface area contributed by atoms with Crippen LogP contribution < -0.4 is 5.32 Å². The summed E-state index contributed by atoms with van der Waals surface area (Å²) in [5.41, 5.74) is 3.16. The van der Waals surface area contributed by atoms with Crippen molar-refractivity contribution < 1.29 is 4.79 Å². The van der Waals surface area contributed by atoms with Crippen LogP contribution in [0.2, 0.25) is 0 Å². The summed E-state index contributed by atoms with van der Waals surface area (Å²) in [6.07, 6.45) is 4.50. The highest BCUT2D eigenvalue weighted by atomic mass is 32.1. The van der Waals surface area contributed by atoms with Crippen LogP contribution in [0.1, 0.15) is 35.6 Å². The van der Waals surface area contributed by atoms with Gasteiger partial charge in [0.25, 0.3) is 5.91 Å². The molecule has 5 rings (SSSR count). The Labute approximate surface area is 176 Å². The number of nitrogens with one attached hydrogen (secondary N) is 1. The van der Waals surface area contributed by atoms with Gasteiger partial charge in [-0.15, -0.1) is 21.5 Å². The topological polar surface area (TPSA) is 72.7 Å². The molecule has 1 aliphatic heterocycles. The van der Waals surface area contributed by atoms with E-state index in [4.69, 9.17) is 0 Å². The SMILES string of the molecule is O=C(Nc1cccc(-c2nnc3n2CCCCC3)c1)c1csc(-c2ccsc2)n1. The Morgan fingerprint density at radius 1 is 1.07 bits per heavy atom. The summed E-state index contributed by atoms with van der Waals surface area (Å²) in [7, 11) is 0. The molecular formula is C21H19N5OS2. The first kappa shape index (κ1) is 18.2. The van der Waals surface area contributed by atoms with E-state index in [0.29, 0.717) is 5.69 Å². The van der Waals surface area contributed by atoms with Gasteiger partial charge in [0.2, 0.25) is 0 Å². The molecule has 0 spiro atoms. The third-order valence-electron chi connectivity index (χ3n) is 4.99. The number of benzene rings is 1. The first-order chi connectivity index (χ1) is 14.3. The molecule has 1 amide bonds. The zero-order chi connectivity index (χ0) is 19.6. The molecule has 3 aromatic heterocycles. The molecule has 0 saturated heterocycles. The molecule has 0 fully saturated rings. The lowest BCUT2D eigenvalue weighted by Gasteiger charge is -2.09. The van der Waals surface area contributed by atoms with Crippen molar-refractivity contribution in [2.24, 2.45) is 0 Å². The lowest BCUT2D eigenvalue weighted by atomic mass is 10.2. The molecule has 0 bridgehead atoms. The second-order valence-electron chi connectivity index (χ2n) is 6.99. The van der Waals surface area contributed by atoms with E-state index in [1.54, 1.807) is 16.7 Å². The van der Waals surface area contributed by atoms with Crippen molar-refractivity contribution in [3.63, 3.8) is 0 Å². The van der Waals surface area contributed by atoms with Gasteiger partial charge in [-0.1, -0.05) is 18.6 Å². The number of aryl methyl sites for hydroxylation is 1. The van der Waals surface area contributed by atoms with Gasteiger partial charge in [0.1, 0.15) is 16.5 Å². The molecule has 0 radical (unpaired) electrons. The van der Waals surface area contributed by atoms with E-state index in [0.717, 1.165) is 59.3 Å². The van der Waals surface area contributed by atoms with Crippen molar-refractivity contribution in [1.29, 1.82) is 0 Å². The number of aromatic nitrogens is 4. The number of carbonyl (C=O) groups is 1. The minimum absolute atomic E-state index is 0.208. The summed E-state index contributed by atoms with van der Waals surface area (Å²) < 4.78 is 2.21. The maximum Gasteiger partial charge on any atom is 0.275 e. The summed E-state index contributed by atoms with van der Waals surface area (Å²) in [6.45, 7) is 0.943. The normalized spacial score (nSPS) is 13.7. The fourth-order valence-corrected chi connectivity index (χ4v) is 5.04. The van der Waals surface area contributed by atoms with Crippen LogP contribution in [0.25, 0.3) is 22.0 Å². The van der Waals surface area contributed by atoms with Gasteiger partial charge in [-0.25, -0.2) is 4.98 Å². The van der Waals surface area contributed by atoms with Gasteiger partial charge < -0.3 is 9.88 Å². The van der Waals surface area contributed by atoms with Gasteiger partial charge in [-0.3, -0.25) is 4.79 Å². The molecule has 4 aromatic rings. The van der Waals surface area contributed by atoms with Gasteiger partial charge in [0.15, 0.2) is 5.82 Å². The third kappa shape index (κ3) is 3.73. The molecule has 0 atom stereocenters. The molecule has 146 valence electrons. The highest BCUT2D eigenvalue weighted by Crippen LogP contribution is 2.27. The van der Waals surface area contributed by atoms with E-state index >= 15 is 0 Å². The molecule has 0 unspecified atom stereocenters. The standard InChI is InChI=1S/C21H19N5OS2/c27-20(17-13-29-21(23-17)15-8-10-28-12-15)22-16-6-4-5-14(11-16)19-25-24-18-7-2-1-3-9-26(18)19/h4-6,8,10-13H,1-3,7,9H2,(H,22,27). The van der Waals surface area contributed by atoms with Crippen molar-refractivity contribution >= 4 is 34.3 Å². The molecule has 0 saturated carbocycles. The number of carbonyl (C=O) groups excluding carboxylic acids is 1. The van der Waals surface area contributed by atoms with Crippen molar-refractivity contribution in [3.8, 4) is 22.0 Å². The van der Waals surface area contributed by atoms with E-state index in [2.05, 4.69) is 25.1 Å². The Morgan fingerprint density at radius 2 is 2.03 bits per heavy atom. The number of thiophene rings is 1. The summed E-state index contributed by atoms with van der Waals surface area (Å²) in [6, 6.07) is 9.78. The van der Waals surface area contributed by atoms with Crippen LogP contribution >= 0.6 is 22.7 Å². The van der Waals surface area contributed by atoms with Gasteiger partial charge in [-0.05, 0) is 36.4 Å². The number of thiazole rings is 1. The minimum atomic E-state index is -0.208. The number of rotatable bonds is 4. The highest BCUT2D eigenvalue weighted by Gasteiger charge is 2.17. The molecule has 29 heavy (non-hydrogen) atoms. The van der Waals surface area contributed by atoms with Crippen molar-refractivity contribution in [2.45, 2.75) is 32.2 Å². The second-order valence-corrected chi connectivity index (χ2v) is 8.63. The van der Waals surface area contributed by atoms with Gasteiger partial charge in [0.05, 0.1) is 0 Å². The molecule has 1 N–H and O–H groups in total. The van der Waals surface area contributed by atoms with Crippen LogP contribution in [0.5, 0.6) is 0 Å². The maximum atomic E-state index is 12.7. The molecule has 1 aromatic carbocycles. The van der Waals surface area contributed by atoms with E-state index in [-0.39, 0.29) is 5.91 Å². The number of nitrogens with zero attached hydrogens (tertiary/aromatic N) is 4. The molecule has 8 heteroatoms. The van der Waals surface area contributed by atoms with Crippen LogP contribution in [-0.4, -0.2) is 25.7 Å². The zero-order valence-electron chi connectivity index (χ0n) is 15.7. The highest BCUT2D eigenvalue weighted by molar-refractivity contribution is 7.14. The molecule has 1 aliphatic rings. The summed E-state index contributed by atoms with van der Waals surface area (Å²) in [5.74, 6) is 1.71. The number of hydrogen-bond donors (Lipinski definition) is 1. The van der Waals surface area contributed by atoms with Gasteiger partial charge >= 0.3 is 0 Å². The Balaban J connectivity index is 1.37. The Bertz CT molecular complexity index is 1150. The number of fused-ring (bicyclic) bond motifs is 1. The lowest BCUT2D eigenvalue weighted by Crippen LogP contribution is -2.12. The Morgan fingerprint density at radius 3 is 2.93 bits per heavy atom. The summed E-state index contributed by atoms with van der Waals surface area (Å²) >= 11 is 3.10. The second kappa shape index (κ2) is 7.88. The fourth-order valence-electron chi connectivity index (χ4n) is 3.53.